The molecule has 2 N–H and O–H groups in total. The molecule has 0 bridgehead atoms. The maximum Gasteiger partial charge on any atom is 0.429 e. The lowest BCUT2D eigenvalue weighted by Gasteiger charge is -2.34. The van der Waals surface area contributed by atoms with E-state index in [0.717, 1.165) is 12.8 Å². The van der Waals surface area contributed by atoms with Gasteiger partial charge in [0.15, 0.2) is 0 Å². The van der Waals surface area contributed by atoms with E-state index in [1.807, 2.05) is 0 Å². The third-order valence-electron chi connectivity index (χ3n) is 4.44. The van der Waals surface area contributed by atoms with Gasteiger partial charge in [-0.2, -0.15) is 13.2 Å². The highest BCUT2D eigenvalue weighted by Crippen LogP contribution is 2.48. The van der Waals surface area contributed by atoms with Crippen molar-refractivity contribution in [1.82, 2.24) is 0 Å². The Hall–Kier alpha value is -2.36. The second-order valence-electron chi connectivity index (χ2n) is 6.66. The molecule has 0 aromatic heterocycles. The van der Waals surface area contributed by atoms with Gasteiger partial charge in [-0.05, 0) is 49.2 Å². The summed E-state index contributed by atoms with van der Waals surface area (Å²) in [7, 11) is 0. The summed E-state index contributed by atoms with van der Waals surface area (Å²) >= 11 is 12.0. The van der Waals surface area contributed by atoms with E-state index < -0.39 is 11.7 Å². The van der Waals surface area contributed by atoms with Crippen LogP contribution in [0.2, 0.25) is 10.0 Å². The summed E-state index contributed by atoms with van der Waals surface area (Å²) in [5.74, 6) is 5.06. The number of guanidine groups is 1. The van der Waals surface area contributed by atoms with Crippen molar-refractivity contribution in [2.75, 3.05) is 10.6 Å². The predicted octanol–water partition coefficient (Wildman–Crippen LogP) is 6.06. The molecular formula is C20H14Cl2F3N3. The Bertz CT molecular complexity index is 1020. The summed E-state index contributed by atoms with van der Waals surface area (Å²) in [6.07, 6.45) is -3.13. The molecule has 1 unspecified atom stereocenters. The highest BCUT2D eigenvalue weighted by molar-refractivity contribution is 6.31. The molecule has 8 heteroatoms. The molecule has 1 heterocycles. The molecule has 0 saturated heterocycles. The van der Waals surface area contributed by atoms with Gasteiger partial charge in [0, 0.05) is 32.9 Å². The molecule has 2 aliphatic rings. The molecule has 0 amide bonds. The van der Waals surface area contributed by atoms with Crippen molar-refractivity contribution in [3.63, 3.8) is 0 Å². The first-order chi connectivity index (χ1) is 13.3. The Kier molecular flexibility index (Phi) is 4.68. The maximum absolute atomic E-state index is 14.3. The van der Waals surface area contributed by atoms with Gasteiger partial charge in [-0.25, -0.2) is 4.99 Å². The standard InChI is InChI=1S/C20H14Cl2F3N3/c21-13-2-1-3-15(10-13)26-18-27-17-7-6-14(22)11-16(17)19(28-18,20(23,24)25)9-8-12-4-5-12/h1-3,6-7,10-12H,4-5H2,(H2,26,27,28). The van der Waals surface area contributed by atoms with E-state index in [9.17, 15) is 13.2 Å². The van der Waals surface area contributed by atoms with E-state index in [1.165, 1.54) is 18.2 Å². The number of hydrogen-bond acceptors (Lipinski definition) is 3. The molecule has 3 nitrogen and oxygen atoms in total. The molecule has 0 spiro atoms. The van der Waals surface area contributed by atoms with Gasteiger partial charge in [0.2, 0.25) is 11.5 Å². The Labute approximate surface area is 169 Å². The minimum atomic E-state index is -4.74. The van der Waals surface area contributed by atoms with Gasteiger partial charge in [-0.1, -0.05) is 41.1 Å². The largest absolute Gasteiger partial charge is 0.429 e. The predicted molar refractivity (Wildman–Crippen MR) is 106 cm³/mol. The van der Waals surface area contributed by atoms with Crippen LogP contribution in [0.15, 0.2) is 47.5 Å². The van der Waals surface area contributed by atoms with Crippen LogP contribution in [0.25, 0.3) is 0 Å². The van der Waals surface area contributed by atoms with Gasteiger partial charge in [-0.3, -0.25) is 0 Å². The SMILES string of the molecule is FC(F)(F)C1(C#CC2CC2)N=C(Nc2cccc(Cl)c2)Nc2ccc(Cl)cc21. The first-order valence-corrected chi connectivity index (χ1v) is 9.31. The van der Waals surface area contributed by atoms with E-state index in [0.29, 0.717) is 10.7 Å². The van der Waals surface area contributed by atoms with Crippen LogP contribution < -0.4 is 10.6 Å². The van der Waals surface area contributed by atoms with E-state index in [4.69, 9.17) is 23.2 Å². The minimum Gasteiger partial charge on any atom is -0.326 e. The summed E-state index contributed by atoms with van der Waals surface area (Å²) in [6.45, 7) is 0. The smallest absolute Gasteiger partial charge is 0.326 e. The Morgan fingerprint density at radius 1 is 1.11 bits per heavy atom. The second kappa shape index (κ2) is 6.91. The van der Waals surface area contributed by atoms with Crippen LogP contribution in [0, 0.1) is 17.8 Å². The minimum absolute atomic E-state index is 0.0173. The van der Waals surface area contributed by atoms with Crippen molar-refractivity contribution < 1.29 is 13.2 Å². The highest BCUT2D eigenvalue weighted by atomic mass is 35.5. The fraction of sp³-hybridized carbons (Fsp3) is 0.250. The molecule has 0 radical (unpaired) electrons. The third kappa shape index (κ3) is 3.65. The summed E-state index contributed by atoms with van der Waals surface area (Å²) in [5.41, 5.74) is -2.08. The van der Waals surface area contributed by atoms with Crippen molar-refractivity contribution in [2.45, 2.75) is 24.6 Å². The topological polar surface area (TPSA) is 36.4 Å². The number of benzene rings is 2. The Morgan fingerprint density at radius 3 is 2.54 bits per heavy atom. The molecule has 4 rings (SSSR count). The maximum atomic E-state index is 14.3. The molecule has 28 heavy (non-hydrogen) atoms. The van der Waals surface area contributed by atoms with Crippen LogP contribution in [0.1, 0.15) is 18.4 Å². The quantitative estimate of drug-likeness (QED) is 0.547. The first kappa shape index (κ1) is 19.0. The average Bonchev–Trinajstić information content (AvgIpc) is 3.43. The first-order valence-electron chi connectivity index (χ1n) is 8.56. The normalized spacial score (nSPS) is 21.0. The van der Waals surface area contributed by atoms with Crippen LogP contribution in [0.4, 0.5) is 24.5 Å². The summed E-state index contributed by atoms with van der Waals surface area (Å²) < 4.78 is 43.0. The number of aliphatic imine (C=N–C) groups is 1. The molecule has 144 valence electrons. The summed E-state index contributed by atoms with van der Waals surface area (Å²) in [6, 6.07) is 10.9. The number of anilines is 2. The summed E-state index contributed by atoms with van der Waals surface area (Å²) in [5, 5.41) is 6.39. The highest BCUT2D eigenvalue weighted by Gasteiger charge is 2.58. The van der Waals surface area contributed by atoms with Gasteiger partial charge in [0.25, 0.3) is 0 Å². The van der Waals surface area contributed by atoms with Crippen LogP contribution >= 0.6 is 23.2 Å². The molecule has 1 atom stereocenters. The number of nitrogens with one attached hydrogen (secondary N) is 2. The van der Waals surface area contributed by atoms with Crippen molar-refractivity contribution in [3.05, 3.63) is 58.1 Å². The lowest BCUT2D eigenvalue weighted by Crippen LogP contribution is -2.45. The number of hydrogen-bond donors (Lipinski definition) is 2. The van der Waals surface area contributed by atoms with Gasteiger partial charge in [0.1, 0.15) is 0 Å². The van der Waals surface area contributed by atoms with Crippen molar-refractivity contribution in [2.24, 2.45) is 10.9 Å². The van der Waals surface area contributed by atoms with Crippen molar-refractivity contribution >= 4 is 40.5 Å². The van der Waals surface area contributed by atoms with Gasteiger partial charge < -0.3 is 10.6 Å². The van der Waals surface area contributed by atoms with Crippen molar-refractivity contribution in [3.8, 4) is 11.8 Å². The molecule has 1 aliphatic heterocycles. The number of rotatable bonds is 1. The van der Waals surface area contributed by atoms with Gasteiger partial charge >= 0.3 is 6.18 Å². The lowest BCUT2D eigenvalue weighted by atomic mass is 9.87. The van der Waals surface area contributed by atoms with E-state index in [1.54, 1.807) is 24.3 Å². The molecule has 1 saturated carbocycles. The molecule has 2 aromatic rings. The molecule has 1 fully saturated rings. The fourth-order valence-corrected chi connectivity index (χ4v) is 3.25. The Balaban J connectivity index is 1.85. The Morgan fingerprint density at radius 2 is 1.86 bits per heavy atom. The van der Waals surface area contributed by atoms with Crippen LogP contribution in [-0.4, -0.2) is 12.1 Å². The zero-order chi connectivity index (χ0) is 19.9. The van der Waals surface area contributed by atoms with Crippen LogP contribution in [0.5, 0.6) is 0 Å². The molecular weight excluding hydrogens is 410 g/mol. The number of fused-ring (bicyclic) bond motifs is 1. The zero-order valence-electron chi connectivity index (χ0n) is 14.4. The zero-order valence-corrected chi connectivity index (χ0v) is 15.9. The van der Waals surface area contributed by atoms with E-state index >= 15 is 0 Å². The third-order valence-corrected chi connectivity index (χ3v) is 4.91. The lowest BCUT2D eigenvalue weighted by molar-refractivity contribution is -0.170. The number of nitrogens with zero attached hydrogens (tertiary/aromatic N) is 1. The van der Waals surface area contributed by atoms with Crippen LogP contribution in [-0.2, 0) is 5.54 Å². The number of halogens is 5. The van der Waals surface area contributed by atoms with Gasteiger partial charge in [0.05, 0.1) is 0 Å². The number of alkyl halides is 3. The second-order valence-corrected chi connectivity index (χ2v) is 7.54. The van der Waals surface area contributed by atoms with E-state index in [2.05, 4.69) is 27.5 Å². The monoisotopic (exact) mass is 423 g/mol. The fourth-order valence-electron chi connectivity index (χ4n) is 2.89. The summed E-state index contributed by atoms with van der Waals surface area (Å²) in [4.78, 5) is 3.99. The average molecular weight is 424 g/mol. The van der Waals surface area contributed by atoms with E-state index in [-0.39, 0.29) is 28.2 Å². The van der Waals surface area contributed by atoms with Crippen molar-refractivity contribution in [1.29, 1.82) is 0 Å². The van der Waals surface area contributed by atoms with Crippen LogP contribution in [0.3, 0.4) is 0 Å². The van der Waals surface area contributed by atoms with Gasteiger partial charge in [-0.15, -0.1) is 0 Å². The molecule has 1 aliphatic carbocycles. The molecule has 2 aromatic carbocycles.